The van der Waals surface area contributed by atoms with Gasteiger partial charge in [-0.3, -0.25) is 0 Å². The first-order chi connectivity index (χ1) is 9.93. The van der Waals surface area contributed by atoms with Gasteiger partial charge in [-0.1, -0.05) is 18.7 Å². The number of ether oxygens (including phenoxy) is 1. The Balaban J connectivity index is 0.000000400. The van der Waals surface area contributed by atoms with Crippen LogP contribution >= 0.6 is 0 Å². The molecule has 0 unspecified atom stereocenters. The van der Waals surface area contributed by atoms with E-state index in [-0.39, 0.29) is 24.3 Å². The van der Waals surface area contributed by atoms with Crippen molar-refractivity contribution in [2.45, 2.75) is 6.42 Å². The molecule has 0 atom stereocenters. The number of hydrogen-bond acceptors (Lipinski definition) is 5. The fourth-order valence-electron chi connectivity index (χ4n) is 1.15. The first-order valence-electron chi connectivity index (χ1n) is 5.89. The molecular weight excluding hydrogens is 280 g/mol. The molecule has 21 heavy (non-hydrogen) atoms. The third-order valence-corrected chi connectivity index (χ3v) is 2.10. The van der Waals surface area contributed by atoms with E-state index < -0.39 is 17.9 Å². The van der Waals surface area contributed by atoms with Gasteiger partial charge in [-0.15, -0.1) is 0 Å². The number of hydrogen-bond donors (Lipinski definition) is 3. The molecule has 1 aromatic carbocycles. The maximum absolute atomic E-state index is 10.5. The summed E-state index contributed by atoms with van der Waals surface area (Å²) in [6.07, 6.45) is 1.58. The van der Waals surface area contributed by atoms with Gasteiger partial charge in [0, 0.05) is 19.1 Å². The summed E-state index contributed by atoms with van der Waals surface area (Å²) in [6.45, 7) is 3.51. The van der Waals surface area contributed by atoms with E-state index in [1.165, 1.54) is 24.3 Å². The van der Waals surface area contributed by atoms with Gasteiger partial charge in [-0.2, -0.15) is 0 Å². The molecular formula is C14H16O7. The average Bonchev–Trinajstić information content (AvgIpc) is 2.47. The number of rotatable bonds is 6. The Morgan fingerprint density at radius 3 is 1.90 bits per heavy atom. The minimum absolute atomic E-state index is 0.0461. The number of esters is 1. The minimum Gasteiger partial charge on any atom is -0.478 e. The standard InChI is InChI=1S/C8H6O4.C6H10O3/c9-7(10)5-3-1-2-4-6(5)8(11)12;1-2-6(8)9-5-3-4-7/h1-4H,(H,9,10)(H,11,12);2,7H,1,3-5H2. The van der Waals surface area contributed by atoms with Gasteiger partial charge in [-0.25, -0.2) is 14.4 Å². The minimum atomic E-state index is -1.23. The zero-order chi connectivity index (χ0) is 16.3. The summed E-state index contributed by atoms with van der Waals surface area (Å²) in [4.78, 5) is 31.2. The Hall–Kier alpha value is -2.67. The zero-order valence-corrected chi connectivity index (χ0v) is 11.2. The van der Waals surface area contributed by atoms with E-state index in [0.29, 0.717) is 6.42 Å². The molecule has 3 N–H and O–H groups in total. The van der Waals surface area contributed by atoms with E-state index in [9.17, 15) is 14.4 Å². The second-order valence-electron chi connectivity index (χ2n) is 3.60. The van der Waals surface area contributed by atoms with Crippen molar-refractivity contribution in [2.24, 2.45) is 0 Å². The molecule has 7 heteroatoms. The molecule has 0 aliphatic heterocycles. The summed E-state index contributed by atoms with van der Waals surface area (Å²) in [6, 6.07) is 5.48. The second-order valence-corrected chi connectivity index (χ2v) is 3.60. The lowest BCUT2D eigenvalue weighted by Gasteiger charge is -1.98. The highest BCUT2D eigenvalue weighted by molar-refractivity contribution is 6.01. The van der Waals surface area contributed by atoms with Crippen LogP contribution in [-0.2, 0) is 9.53 Å². The number of carboxylic acids is 2. The van der Waals surface area contributed by atoms with Gasteiger partial charge in [-0.05, 0) is 12.1 Å². The van der Waals surface area contributed by atoms with E-state index in [4.69, 9.17) is 15.3 Å². The summed E-state index contributed by atoms with van der Waals surface area (Å²) in [5, 5.41) is 25.3. The van der Waals surface area contributed by atoms with Crippen LogP contribution in [0.1, 0.15) is 27.1 Å². The molecule has 0 bridgehead atoms. The lowest BCUT2D eigenvalue weighted by Crippen LogP contribution is -2.06. The van der Waals surface area contributed by atoms with E-state index in [1.807, 2.05) is 0 Å². The summed E-state index contributed by atoms with van der Waals surface area (Å²) < 4.78 is 4.51. The lowest BCUT2D eigenvalue weighted by molar-refractivity contribution is -0.137. The van der Waals surface area contributed by atoms with Crippen LogP contribution < -0.4 is 0 Å². The van der Waals surface area contributed by atoms with Crippen molar-refractivity contribution in [3.8, 4) is 0 Å². The van der Waals surface area contributed by atoms with Crippen LogP contribution in [0.5, 0.6) is 0 Å². The van der Waals surface area contributed by atoms with Crippen molar-refractivity contribution in [1.82, 2.24) is 0 Å². The number of carbonyl (C=O) groups is 3. The van der Waals surface area contributed by atoms with Crippen LogP contribution in [0.2, 0.25) is 0 Å². The van der Waals surface area contributed by atoms with Gasteiger partial charge in [0.2, 0.25) is 0 Å². The van der Waals surface area contributed by atoms with Gasteiger partial charge in [0.25, 0.3) is 0 Å². The quantitative estimate of drug-likeness (QED) is 0.409. The zero-order valence-electron chi connectivity index (χ0n) is 11.2. The predicted molar refractivity (Wildman–Crippen MR) is 73.2 cm³/mol. The Bertz CT molecular complexity index is 475. The smallest absolute Gasteiger partial charge is 0.336 e. The van der Waals surface area contributed by atoms with Crippen LogP contribution in [0, 0.1) is 0 Å². The topological polar surface area (TPSA) is 121 Å². The van der Waals surface area contributed by atoms with Gasteiger partial charge < -0.3 is 20.1 Å². The van der Waals surface area contributed by atoms with Crippen molar-refractivity contribution >= 4 is 17.9 Å². The molecule has 1 aromatic rings. The number of aliphatic hydroxyl groups excluding tert-OH is 1. The molecule has 7 nitrogen and oxygen atoms in total. The molecule has 114 valence electrons. The van der Waals surface area contributed by atoms with Crippen LogP contribution in [0.3, 0.4) is 0 Å². The maximum Gasteiger partial charge on any atom is 0.336 e. The maximum atomic E-state index is 10.5. The highest BCUT2D eigenvalue weighted by Gasteiger charge is 2.13. The summed E-state index contributed by atoms with van der Waals surface area (Å²) in [7, 11) is 0. The third kappa shape index (κ3) is 7.48. The Kier molecular flexibility index (Phi) is 8.87. The number of carboxylic acid groups (broad SMARTS) is 2. The van der Waals surface area contributed by atoms with E-state index in [2.05, 4.69) is 11.3 Å². The first kappa shape index (κ1) is 18.3. The number of aliphatic hydroxyl groups is 1. The molecule has 0 aromatic heterocycles. The van der Waals surface area contributed by atoms with Gasteiger partial charge in [0.15, 0.2) is 0 Å². The molecule has 0 heterocycles. The number of benzene rings is 1. The highest BCUT2D eigenvalue weighted by atomic mass is 16.5. The van der Waals surface area contributed by atoms with Gasteiger partial charge in [0.1, 0.15) is 0 Å². The summed E-state index contributed by atoms with van der Waals surface area (Å²) >= 11 is 0. The monoisotopic (exact) mass is 296 g/mol. The second kappa shape index (κ2) is 10.2. The van der Waals surface area contributed by atoms with E-state index in [0.717, 1.165) is 6.08 Å². The molecule has 0 aliphatic carbocycles. The lowest BCUT2D eigenvalue weighted by atomic mass is 10.1. The van der Waals surface area contributed by atoms with Crippen LogP contribution in [0.15, 0.2) is 36.9 Å². The molecule has 0 spiro atoms. The fourth-order valence-corrected chi connectivity index (χ4v) is 1.15. The average molecular weight is 296 g/mol. The van der Waals surface area contributed by atoms with Crippen molar-refractivity contribution < 1.29 is 34.4 Å². The Morgan fingerprint density at radius 2 is 1.57 bits per heavy atom. The number of carbonyl (C=O) groups excluding carboxylic acids is 1. The van der Waals surface area contributed by atoms with Crippen molar-refractivity contribution in [3.63, 3.8) is 0 Å². The van der Waals surface area contributed by atoms with Crippen LogP contribution in [0.25, 0.3) is 0 Å². The summed E-state index contributed by atoms with van der Waals surface area (Å²) in [5.41, 5.74) is -0.380. The highest BCUT2D eigenvalue weighted by Crippen LogP contribution is 2.07. The summed E-state index contributed by atoms with van der Waals surface area (Å²) in [5.74, 6) is -2.90. The molecule has 1 rings (SSSR count). The van der Waals surface area contributed by atoms with Crippen LogP contribution in [-0.4, -0.2) is 46.4 Å². The molecule has 0 fully saturated rings. The molecule has 0 radical (unpaired) electrons. The Labute approximate surface area is 121 Å². The van der Waals surface area contributed by atoms with Crippen molar-refractivity contribution in [3.05, 3.63) is 48.0 Å². The predicted octanol–water partition coefficient (Wildman–Crippen LogP) is 1.18. The molecule has 0 saturated heterocycles. The SMILES string of the molecule is C=CC(=O)OCCCO.O=C(O)c1ccccc1C(=O)O. The van der Waals surface area contributed by atoms with Gasteiger partial charge in [0.05, 0.1) is 17.7 Å². The van der Waals surface area contributed by atoms with Gasteiger partial charge >= 0.3 is 17.9 Å². The van der Waals surface area contributed by atoms with E-state index >= 15 is 0 Å². The van der Waals surface area contributed by atoms with Crippen LogP contribution in [0.4, 0.5) is 0 Å². The normalized spacial score (nSPS) is 9.00. The molecule has 0 aliphatic rings. The largest absolute Gasteiger partial charge is 0.478 e. The van der Waals surface area contributed by atoms with E-state index in [1.54, 1.807) is 0 Å². The fraction of sp³-hybridized carbons (Fsp3) is 0.214. The molecule has 0 amide bonds. The van der Waals surface area contributed by atoms with Crippen molar-refractivity contribution in [2.75, 3.05) is 13.2 Å². The Morgan fingerprint density at radius 1 is 1.10 bits per heavy atom. The third-order valence-electron chi connectivity index (χ3n) is 2.10. The van der Waals surface area contributed by atoms with Crippen molar-refractivity contribution in [1.29, 1.82) is 0 Å². The first-order valence-corrected chi connectivity index (χ1v) is 5.89. The molecule has 0 saturated carbocycles. The number of aromatic carboxylic acids is 2.